The predicted molar refractivity (Wildman–Crippen MR) is 165 cm³/mol. The van der Waals surface area contributed by atoms with Gasteiger partial charge in [-0.2, -0.15) is 14.7 Å². The number of rotatable bonds is 10. The number of para-hydroxylation sites is 1. The van der Waals surface area contributed by atoms with Gasteiger partial charge >= 0.3 is 0 Å². The number of nitrogens with one attached hydrogen (secondary N) is 1. The van der Waals surface area contributed by atoms with Crippen LogP contribution in [0.4, 0.5) is 5.82 Å². The molecule has 3 N–H and O–H groups in total. The van der Waals surface area contributed by atoms with Crippen LogP contribution < -0.4 is 11.2 Å². The van der Waals surface area contributed by atoms with Gasteiger partial charge in [-0.3, -0.25) is 10.2 Å². The second-order valence-corrected chi connectivity index (χ2v) is 13.4. The highest BCUT2D eigenvalue weighted by molar-refractivity contribution is 7.91. The maximum Gasteiger partial charge on any atom is 0.266 e. The second kappa shape index (κ2) is 12.8. The highest BCUT2D eigenvalue weighted by Gasteiger charge is 2.45. The van der Waals surface area contributed by atoms with Crippen molar-refractivity contribution in [2.24, 2.45) is 0 Å². The summed E-state index contributed by atoms with van der Waals surface area (Å²) in [5.41, 5.74) is 11.6. The van der Waals surface area contributed by atoms with E-state index < -0.39 is 15.4 Å². The van der Waals surface area contributed by atoms with E-state index in [1.165, 1.54) is 4.52 Å². The van der Waals surface area contributed by atoms with Gasteiger partial charge in [-0.15, -0.1) is 0 Å². The molecule has 6 rings (SSSR count). The molecule has 0 unspecified atom stereocenters. The van der Waals surface area contributed by atoms with E-state index in [1.54, 1.807) is 24.2 Å². The van der Waals surface area contributed by atoms with Gasteiger partial charge in [0.2, 0.25) is 0 Å². The monoisotopic (exact) mass is 638 g/mol. The number of carbonyl (C=O) groups is 1. The molecule has 45 heavy (non-hydrogen) atoms. The molecule has 4 heterocycles. The highest BCUT2D eigenvalue weighted by Crippen LogP contribution is 2.43. The van der Waals surface area contributed by atoms with Crippen LogP contribution in [0.1, 0.15) is 37.3 Å². The van der Waals surface area contributed by atoms with E-state index in [-0.39, 0.29) is 29.1 Å². The van der Waals surface area contributed by atoms with E-state index in [0.717, 1.165) is 17.5 Å². The first-order valence-electron chi connectivity index (χ1n) is 14.9. The Morgan fingerprint density at radius 1 is 1.11 bits per heavy atom. The number of hydrogen-bond donors (Lipinski definition) is 2. The first-order valence-corrected chi connectivity index (χ1v) is 16.8. The van der Waals surface area contributed by atoms with Crippen molar-refractivity contribution >= 4 is 27.2 Å². The van der Waals surface area contributed by atoms with E-state index in [0.29, 0.717) is 75.5 Å². The summed E-state index contributed by atoms with van der Waals surface area (Å²) < 4.78 is 46.2. The number of nitrogens with zero attached hydrogens (tertiary/aromatic N) is 6. The molecule has 240 valence electrons. The number of amides is 1. The summed E-state index contributed by atoms with van der Waals surface area (Å²) in [6.45, 7) is 2.83. The zero-order valence-electron chi connectivity index (χ0n) is 25.4. The van der Waals surface area contributed by atoms with Gasteiger partial charge in [0.25, 0.3) is 5.91 Å². The van der Waals surface area contributed by atoms with Crippen molar-refractivity contribution in [2.75, 3.05) is 58.6 Å². The van der Waals surface area contributed by atoms with Gasteiger partial charge in [-0.25, -0.2) is 23.1 Å². The molecule has 1 amide bonds. The minimum Gasteiger partial charge on any atom is -0.382 e. The molecule has 0 radical (unpaired) electrons. The number of fused-ring (bicyclic) bond motifs is 1. The highest BCUT2D eigenvalue weighted by atomic mass is 32.2. The third kappa shape index (κ3) is 6.31. The summed E-state index contributed by atoms with van der Waals surface area (Å²) in [6, 6.07) is 9.69. The number of benzene rings is 1. The minimum atomic E-state index is -3.78. The van der Waals surface area contributed by atoms with Crippen LogP contribution in [0, 0.1) is 0 Å². The van der Waals surface area contributed by atoms with Gasteiger partial charge in [0.15, 0.2) is 15.5 Å². The largest absolute Gasteiger partial charge is 0.382 e. The van der Waals surface area contributed by atoms with Gasteiger partial charge in [0.05, 0.1) is 50.2 Å². The van der Waals surface area contributed by atoms with Gasteiger partial charge in [-0.1, -0.05) is 18.2 Å². The average Bonchev–Trinajstić information content (AvgIpc) is 3.70. The zero-order valence-corrected chi connectivity index (χ0v) is 26.2. The molecule has 1 aliphatic heterocycles. The fraction of sp³-hybridized carbons (Fsp3) is 0.467. The molecule has 1 aliphatic carbocycles. The first-order chi connectivity index (χ1) is 21.7. The number of nitrogens with two attached hydrogens (primary N) is 1. The lowest BCUT2D eigenvalue weighted by Crippen LogP contribution is -2.58. The number of carbonyl (C=O) groups excluding carboxylic acids is 1. The fourth-order valence-corrected chi connectivity index (χ4v) is 7.16. The van der Waals surface area contributed by atoms with E-state index >= 15 is 0 Å². The van der Waals surface area contributed by atoms with Crippen LogP contribution in [0.2, 0.25) is 0 Å². The lowest BCUT2D eigenvalue weighted by molar-refractivity contribution is -0.161. The van der Waals surface area contributed by atoms with Gasteiger partial charge in [0.1, 0.15) is 16.3 Å². The zero-order chi connectivity index (χ0) is 31.6. The number of ether oxygens (including phenoxy) is 3. The molecule has 2 fully saturated rings. The van der Waals surface area contributed by atoms with Crippen LogP contribution in [0.25, 0.3) is 22.5 Å². The van der Waals surface area contributed by atoms with E-state index in [4.69, 9.17) is 24.9 Å². The Bertz CT molecular complexity index is 1760. The lowest BCUT2D eigenvalue weighted by Gasteiger charge is -2.40. The lowest BCUT2D eigenvalue weighted by atomic mass is 9.76. The summed E-state index contributed by atoms with van der Waals surface area (Å²) in [5.74, 6) is -0.511. The van der Waals surface area contributed by atoms with Crippen LogP contribution >= 0.6 is 0 Å². The molecule has 0 spiro atoms. The summed E-state index contributed by atoms with van der Waals surface area (Å²) in [6.07, 6.45) is 7.98. The standard InChI is InChI=1S/C30H38N8O6S/c1-42-16-17-44-30(29(39)35-36-12-14-43-15-13-36)10-8-21(9-11-30)25-26(45(2,40)41)27(31)38-28(34-25)24(19-33-38)22-18-32-37(20-22)23-6-4-3-5-7-23/h3-7,18-21H,8-17,31H2,1-2H3,(H,35,39). The van der Waals surface area contributed by atoms with Crippen molar-refractivity contribution in [1.82, 2.24) is 34.8 Å². The maximum atomic E-state index is 13.6. The number of hydrogen-bond acceptors (Lipinski definition) is 11. The average molecular weight is 639 g/mol. The molecule has 14 nitrogen and oxygen atoms in total. The van der Waals surface area contributed by atoms with Crippen molar-refractivity contribution < 1.29 is 27.4 Å². The summed E-state index contributed by atoms with van der Waals surface area (Å²) in [7, 11) is -2.20. The number of anilines is 1. The Hall–Kier alpha value is -3.89. The Labute approximate surface area is 261 Å². The Morgan fingerprint density at radius 2 is 1.84 bits per heavy atom. The number of nitrogen functional groups attached to an aromatic ring is 1. The molecule has 1 saturated carbocycles. The molecular formula is C30H38N8O6S. The molecule has 1 saturated heterocycles. The van der Waals surface area contributed by atoms with Crippen molar-refractivity contribution in [3.8, 4) is 16.8 Å². The third-order valence-corrected chi connectivity index (χ3v) is 9.64. The molecular weight excluding hydrogens is 600 g/mol. The minimum absolute atomic E-state index is 0.00237. The van der Waals surface area contributed by atoms with Crippen molar-refractivity contribution in [2.45, 2.75) is 42.1 Å². The van der Waals surface area contributed by atoms with Gasteiger partial charge in [0, 0.05) is 49.7 Å². The number of aromatic nitrogens is 5. The third-order valence-electron chi connectivity index (χ3n) is 8.48. The number of morpholine rings is 1. The van der Waals surface area contributed by atoms with Crippen LogP contribution in [0.5, 0.6) is 0 Å². The summed E-state index contributed by atoms with van der Waals surface area (Å²) >= 11 is 0. The van der Waals surface area contributed by atoms with E-state index in [2.05, 4.69) is 15.6 Å². The van der Waals surface area contributed by atoms with Gasteiger partial charge in [-0.05, 0) is 37.8 Å². The SMILES string of the molecule is COCCOC1(C(=O)NN2CCOCC2)CCC(c2nc3c(-c4cnn(-c5ccccc5)c4)cnn3c(N)c2S(C)(=O)=O)CC1. The summed E-state index contributed by atoms with van der Waals surface area (Å²) in [4.78, 5) is 18.5. The number of sulfone groups is 1. The molecule has 0 atom stereocenters. The Kier molecular flexibility index (Phi) is 8.88. The Balaban J connectivity index is 1.33. The first kappa shape index (κ1) is 31.1. The quantitative estimate of drug-likeness (QED) is 0.244. The van der Waals surface area contributed by atoms with E-state index in [1.807, 2.05) is 41.5 Å². The van der Waals surface area contributed by atoms with Crippen molar-refractivity contribution in [1.29, 1.82) is 0 Å². The molecule has 4 aromatic rings. The van der Waals surface area contributed by atoms with Gasteiger partial charge < -0.3 is 19.9 Å². The summed E-state index contributed by atoms with van der Waals surface area (Å²) in [5, 5.41) is 10.8. The van der Waals surface area contributed by atoms with E-state index in [9.17, 15) is 13.2 Å². The van der Waals surface area contributed by atoms with Crippen LogP contribution in [0.3, 0.4) is 0 Å². The van der Waals surface area contributed by atoms with Crippen LogP contribution in [0.15, 0.2) is 53.8 Å². The second-order valence-electron chi connectivity index (χ2n) is 11.4. The molecule has 15 heteroatoms. The Morgan fingerprint density at radius 3 is 2.53 bits per heavy atom. The maximum absolute atomic E-state index is 13.6. The smallest absolute Gasteiger partial charge is 0.266 e. The molecule has 1 aromatic carbocycles. The predicted octanol–water partition coefficient (Wildman–Crippen LogP) is 1.99. The topological polar surface area (TPSA) is 168 Å². The van der Waals surface area contributed by atoms with Crippen LogP contribution in [-0.4, -0.2) is 102 Å². The molecule has 2 aliphatic rings. The molecule has 3 aromatic heterocycles. The number of methoxy groups -OCH3 is 1. The normalized spacial score (nSPS) is 21.2. The van der Waals surface area contributed by atoms with Crippen molar-refractivity contribution in [3.63, 3.8) is 0 Å². The number of hydrazine groups is 1. The fourth-order valence-electron chi connectivity index (χ4n) is 6.10. The van der Waals surface area contributed by atoms with Crippen LogP contribution in [-0.2, 0) is 28.8 Å². The van der Waals surface area contributed by atoms with Crippen molar-refractivity contribution in [3.05, 3.63) is 54.6 Å². The molecule has 0 bridgehead atoms.